The predicted octanol–water partition coefficient (Wildman–Crippen LogP) is 4.76. The fraction of sp³-hybridized carbons (Fsp3) is 0.560. The number of aliphatic carboxylic acids is 1. The van der Waals surface area contributed by atoms with Gasteiger partial charge in [0.1, 0.15) is 5.75 Å². The highest BCUT2D eigenvalue weighted by Gasteiger charge is 2.34. The Hall–Kier alpha value is -2.12. The van der Waals surface area contributed by atoms with Gasteiger partial charge in [-0.25, -0.2) is 0 Å². The van der Waals surface area contributed by atoms with Crippen molar-refractivity contribution in [3.05, 3.63) is 36.0 Å². The molecule has 1 aliphatic heterocycles. The van der Waals surface area contributed by atoms with Gasteiger partial charge in [-0.1, -0.05) is 13.3 Å². The highest BCUT2D eigenvalue weighted by atomic mass is 32.2. The van der Waals surface area contributed by atoms with E-state index in [0.717, 1.165) is 36.2 Å². The maximum Gasteiger partial charge on any atom is 0.308 e. The molecule has 174 valence electrons. The van der Waals surface area contributed by atoms with E-state index >= 15 is 0 Å². The Morgan fingerprint density at radius 2 is 2.12 bits per heavy atom. The molecule has 7 heteroatoms. The van der Waals surface area contributed by atoms with Crippen LogP contribution in [0.5, 0.6) is 5.75 Å². The van der Waals surface area contributed by atoms with Gasteiger partial charge in [0, 0.05) is 42.4 Å². The molecule has 1 aromatic carbocycles. The quantitative estimate of drug-likeness (QED) is 0.363. The molecule has 1 fully saturated rings. The lowest BCUT2D eigenvalue weighted by Gasteiger charge is -2.36. The smallest absolute Gasteiger partial charge is 0.308 e. The van der Waals surface area contributed by atoms with Gasteiger partial charge in [0.05, 0.1) is 18.5 Å². The maximum atomic E-state index is 13.0. The number of nitrogens with zero attached hydrogens (tertiary/aromatic N) is 2. The third kappa shape index (κ3) is 6.45. The van der Waals surface area contributed by atoms with Crippen LogP contribution < -0.4 is 4.74 Å². The van der Waals surface area contributed by atoms with Crippen molar-refractivity contribution in [3.63, 3.8) is 0 Å². The van der Waals surface area contributed by atoms with Gasteiger partial charge < -0.3 is 14.7 Å². The summed E-state index contributed by atoms with van der Waals surface area (Å²) < 4.78 is 5.30. The number of hydrogen-bond donors (Lipinski definition) is 1. The summed E-state index contributed by atoms with van der Waals surface area (Å²) in [5.41, 5.74) is 1.38. The standard InChI is InChI=1S/C25H34N2O4S/c1-3-4-14-32-15-13-27-12-10-18(22(17-27)25(29)30)5-8-24(28)20-9-11-26-23-7-6-19(31-2)16-21(20)23/h6-7,9,11,16,18,22H,3-5,8,10,12-15,17H2,1-2H3,(H,29,30). The van der Waals surface area contributed by atoms with Crippen LogP contribution in [0.15, 0.2) is 30.5 Å². The molecule has 1 saturated heterocycles. The molecule has 0 bridgehead atoms. The zero-order valence-corrected chi connectivity index (χ0v) is 19.9. The molecule has 1 N–H and O–H groups in total. The van der Waals surface area contributed by atoms with E-state index in [1.807, 2.05) is 30.0 Å². The lowest BCUT2D eigenvalue weighted by atomic mass is 9.81. The molecule has 0 radical (unpaired) electrons. The van der Waals surface area contributed by atoms with Gasteiger partial charge in [-0.3, -0.25) is 14.6 Å². The third-order valence-corrected chi connectivity index (χ3v) is 7.39. The molecule has 2 heterocycles. The van der Waals surface area contributed by atoms with Crippen molar-refractivity contribution in [3.8, 4) is 5.75 Å². The first-order chi connectivity index (χ1) is 15.5. The number of rotatable bonds is 12. The number of pyridine rings is 1. The number of aromatic nitrogens is 1. The molecule has 32 heavy (non-hydrogen) atoms. The van der Waals surface area contributed by atoms with Crippen molar-refractivity contribution in [2.45, 2.75) is 39.0 Å². The number of carboxylic acid groups (broad SMARTS) is 1. The van der Waals surface area contributed by atoms with Gasteiger partial charge in [0.2, 0.25) is 0 Å². The van der Waals surface area contributed by atoms with E-state index in [9.17, 15) is 14.7 Å². The van der Waals surface area contributed by atoms with Crippen LogP contribution in [-0.4, -0.2) is 65.0 Å². The highest BCUT2D eigenvalue weighted by molar-refractivity contribution is 7.99. The van der Waals surface area contributed by atoms with Crippen LogP contribution >= 0.6 is 11.8 Å². The minimum absolute atomic E-state index is 0.0306. The van der Waals surface area contributed by atoms with Gasteiger partial charge in [-0.05, 0) is 61.7 Å². The number of ketones is 1. The molecule has 6 nitrogen and oxygen atoms in total. The fourth-order valence-corrected chi connectivity index (χ4v) is 5.47. The van der Waals surface area contributed by atoms with Crippen molar-refractivity contribution in [1.29, 1.82) is 0 Å². The number of likely N-dealkylation sites (tertiary alicyclic amines) is 1. The van der Waals surface area contributed by atoms with Crippen molar-refractivity contribution in [1.82, 2.24) is 9.88 Å². The maximum absolute atomic E-state index is 13.0. The van der Waals surface area contributed by atoms with Crippen LogP contribution in [0.25, 0.3) is 10.9 Å². The Morgan fingerprint density at radius 1 is 1.28 bits per heavy atom. The Morgan fingerprint density at radius 3 is 2.88 bits per heavy atom. The zero-order valence-electron chi connectivity index (χ0n) is 19.1. The Bertz CT molecular complexity index is 920. The molecule has 0 spiro atoms. The first kappa shape index (κ1) is 24.5. The summed E-state index contributed by atoms with van der Waals surface area (Å²) in [5.74, 6) is 1.82. The molecule has 2 atom stereocenters. The van der Waals surface area contributed by atoms with Crippen molar-refractivity contribution in [2.24, 2.45) is 11.8 Å². The monoisotopic (exact) mass is 458 g/mol. The molecular formula is C25H34N2O4S. The van der Waals surface area contributed by atoms with Crippen LogP contribution in [0, 0.1) is 11.8 Å². The van der Waals surface area contributed by atoms with E-state index < -0.39 is 11.9 Å². The van der Waals surface area contributed by atoms with Crippen LogP contribution in [0.2, 0.25) is 0 Å². The van der Waals surface area contributed by atoms with E-state index in [4.69, 9.17) is 4.74 Å². The molecule has 2 aromatic rings. The number of piperidine rings is 1. The molecular weight excluding hydrogens is 424 g/mol. The summed E-state index contributed by atoms with van der Waals surface area (Å²) in [6.07, 6.45) is 5.87. The lowest BCUT2D eigenvalue weighted by molar-refractivity contribution is -0.146. The fourth-order valence-electron chi connectivity index (χ4n) is 4.39. The molecule has 0 amide bonds. The lowest BCUT2D eigenvalue weighted by Crippen LogP contribution is -2.44. The van der Waals surface area contributed by atoms with Crippen molar-refractivity contribution in [2.75, 3.05) is 38.2 Å². The number of benzene rings is 1. The van der Waals surface area contributed by atoms with E-state index in [2.05, 4.69) is 16.8 Å². The average molecular weight is 459 g/mol. The predicted molar refractivity (Wildman–Crippen MR) is 130 cm³/mol. The van der Waals surface area contributed by atoms with Gasteiger partial charge in [0.25, 0.3) is 0 Å². The topological polar surface area (TPSA) is 79.7 Å². The second-order valence-electron chi connectivity index (χ2n) is 8.46. The average Bonchev–Trinajstić information content (AvgIpc) is 2.81. The van der Waals surface area contributed by atoms with Crippen LogP contribution in [0.3, 0.4) is 0 Å². The van der Waals surface area contributed by atoms with E-state index in [1.165, 1.54) is 18.6 Å². The second-order valence-corrected chi connectivity index (χ2v) is 9.69. The molecule has 1 aliphatic rings. The molecule has 0 aliphatic carbocycles. The highest BCUT2D eigenvalue weighted by Crippen LogP contribution is 2.30. The number of thioether (sulfide) groups is 1. The van der Waals surface area contributed by atoms with Gasteiger partial charge in [-0.2, -0.15) is 11.8 Å². The number of ether oxygens (including phenoxy) is 1. The number of Topliss-reactive ketones (excluding diaryl/α,β-unsaturated/α-hetero) is 1. The summed E-state index contributed by atoms with van der Waals surface area (Å²) in [5, 5.41) is 10.6. The van der Waals surface area contributed by atoms with Crippen LogP contribution in [0.1, 0.15) is 49.4 Å². The number of carbonyl (C=O) groups is 2. The Balaban J connectivity index is 1.58. The molecule has 3 rings (SSSR count). The van der Waals surface area contributed by atoms with Crippen molar-refractivity contribution < 1.29 is 19.4 Å². The summed E-state index contributed by atoms with van der Waals surface area (Å²) in [6, 6.07) is 7.27. The number of carboxylic acids is 1. The summed E-state index contributed by atoms with van der Waals surface area (Å²) in [4.78, 5) is 31.6. The second kappa shape index (κ2) is 12.2. The van der Waals surface area contributed by atoms with E-state index in [0.29, 0.717) is 30.7 Å². The summed E-state index contributed by atoms with van der Waals surface area (Å²) in [7, 11) is 1.60. The molecule has 2 unspecified atom stereocenters. The number of hydrogen-bond acceptors (Lipinski definition) is 6. The molecule has 0 saturated carbocycles. The number of unbranched alkanes of at least 4 members (excludes halogenated alkanes) is 1. The van der Waals surface area contributed by atoms with Crippen LogP contribution in [-0.2, 0) is 4.79 Å². The van der Waals surface area contributed by atoms with Crippen molar-refractivity contribution >= 4 is 34.4 Å². The SMILES string of the molecule is CCCCSCCN1CCC(CCC(=O)c2ccnc3ccc(OC)cc23)C(C(=O)O)C1. The first-order valence-corrected chi connectivity index (χ1v) is 12.7. The minimum atomic E-state index is -0.745. The minimum Gasteiger partial charge on any atom is -0.497 e. The van der Waals surface area contributed by atoms with E-state index in [1.54, 1.807) is 19.4 Å². The van der Waals surface area contributed by atoms with E-state index in [-0.39, 0.29) is 11.7 Å². The van der Waals surface area contributed by atoms with Gasteiger partial charge in [-0.15, -0.1) is 0 Å². The Kier molecular flexibility index (Phi) is 9.36. The van der Waals surface area contributed by atoms with Crippen LogP contribution in [0.4, 0.5) is 0 Å². The first-order valence-electron chi connectivity index (χ1n) is 11.5. The summed E-state index contributed by atoms with van der Waals surface area (Å²) >= 11 is 1.95. The summed E-state index contributed by atoms with van der Waals surface area (Å²) in [6.45, 7) is 4.63. The Labute approximate surface area is 194 Å². The third-order valence-electron chi connectivity index (χ3n) is 6.34. The zero-order chi connectivity index (χ0) is 22.9. The van der Waals surface area contributed by atoms with Gasteiger partial charge >= 0.3 is 5.97 Å². The number of fused-ring (bicyclic) bond motifs is 1. The normalized spacial score (nSPS) is 19.2. The number of carbonyl (C=O) groups excluding carboxylic acids is 1. The number of methoxy groups -OCH3 is 1. The van der Waals surface area contributed by atoms with Gasteiger partial charge in [0.15, 0.2) is 5.78 Å². The largest absolute Gasteiger partial charge is 0.497 e. The molecule has 1 aromatic heterocycles.